The number of sulfonamides is 1. The molecule has 0 N–H and O–H groups in total. The van der Waals surface area contributed by atoms with Gasteiger partial charge >= 0.3 is 0 Å². The Hall–Kier alpha value is -2.61. The van der Waals surface area contributed by atoms with Crippen molar-refractivity contribution in [2.24, 2.45) is 0 Å². The Labute approximate surface area is 195 Å². The average Bonchev–Trinajstić information content (AvgIpc) is 3.22. The van der Waals surface area contributed by atoms with Crippen molar-refractivity contribution in [3.8, 4) is 11.1 Å². The van der Waals surface area contributed by atoms with Gasteiger partial charge in [-0.25, -0.2) is 8.42 Å². The molecular formula is C25H26N2O3S2. The van der Waals surface area contributed by atoms with Gasteiger partial charge < -0.3 is 4.90 Å². The highest BCUT2D eigenvalue weighted by Gasteiger charge is 2.43. The van der Waals surface area contributed by atoms with Crippen molar-refractivity contribution in [2.45, 2.75) is 29.2 Å². The Morgan fingerprint density at radius 2 is 1.50 bits per heavy atom. The number of nitrogens with zero attached hydrogens (tertiary/aromatic N) is 2. The number of rotatable bonds is 6. The molecule has 0 saturated carbocycles. The first kappa shape index (κ1) is 22.6. The lowest BCUT2D eigenvalue weighted by Crippen LogP contribution is -2.46. The second-order valence-corrected chi connectivity index (χ2v) is 10.7. The number of hydrogen-bond donors (Lipinski definition) is 1. The van der Waals surface area contributed by atoms with E-state index in [1.165, 1.54) is 4.31 Å². The average molecular weight is 467 g/mol. The normalized spacial score (nSPS) is 19.1. The molecule has 0 bridgehead atoms. The van der Waals surface area contributed by atoms with Gasteiger partial charge in [0.1, 0.15) is 6.04 Å². The Balaban J connectivity index is 1.55. The number of hydrogen-bond acceptors (Lipinski definition) is 4. The topological polar surface area (TPSA) is 57.7 Å². The van der Waals surface area contributed by atoms with Crippen molar-refractivity contribution in [3.05, 3.63) is 90.5 Å². The fraction of sp³-hybridized carbons (Fsp3) is 0.240. The van der Waals surface area contributed by atoms with E-state index in [4.69, 9.17) is 0 Å². The summed E-state index contributed by atoms with van der Waals surface area (Å²) in [7, 11) is -2.13. The molecule has 2 atom stereocenters. The van der Waals surface area contributed by atoms with Gasteiger partial charge in [0.25, 0.3) is 0 Å². The van der Waals surface area contributed by atoms with Gasteiger partial charge in [0, 0.05) is 25.4 Å². The first-order valence-electron chi connectivity index (χ1n) is 10.5. The third-order valence-corrected chi connectivity index (χ3v) is 7.99. The monoisotopic (exact) mass is 466 g/mol. The summed E-state index contributed by atoms with van der Waals surface area (Å²) in [5.41, 5.74) is 2.95. The quantitative estimate of drug-likeness (QED) is 0.557. The van der Waals surface area contributed by atoms with E-state index in [-0.39, 0.29) is 22.6 Å². The lowest BCUT2D eigenvalue weighted by Gasteiger charge is -2.27. The van der Waals surface area contributed by atoms with Gasteiger partial charge in [0.05, 0.1) is 4.90 Å². The summed E-state index contributed by atoms with van der Waals surface area (Å²) >= 11 is 4.50. The Morgan fingerprint density at radius 3 is 2.12 bits per heavy atom. The zero-order valence-corrected chi connectivity index (χ0v) is 19.5. The molecule has 5 nitrogen and oxygen atoms in total. The second kappa shape index (κ2) is 9.48. The van der Waals surface area contributed by atoms with Crippen molar-refractivity contribution in [3.63, 3.8) is 0 Å². The van der Waals surface area contributed by atoms with Crippen molar-refractivity contribution in [2.75, 3.05) is 13.6 Å². The van der Waals surface area contributed by atoms with Crippen LogP contribution in [0.5, 0.6) is 0 Å². The zero-order valence-electron chi connectivity index (χ0n) is 17.8. The van der Waals surface area contributed by atoms with Gasteiger partial charge in [-0.05, 0) is 35.2 Å². The van der Waals surface area contributed by atoms with Gasteiger partial charge in [-0.3, -0.25) is 4.79 Å². The van der Waals surface area contributed by atoms with Crippen LogP contribution in [0.15, 0.2) is 89.8 Å². The fourth-order valence-corrected chi connectivity index (χ4v) is 6.17. The third kappa shape index (κ3) is 4.75. The summed E-state index contributed by atoms with van der Waals surface area (Å²) in [4.78, 5) is 15.0. The van der Waals surface area contributed by atoms with E-state index < -0.39 is 16.1 Å². The van der Waals surface area contributed by atoms with Crippen LogP contribution in [0.25, 0.3) is 11.1 Å². The van der Waals surface area contributed by atoms with E-state index in [0.29, 0.717) is 13.0 Å². The van der Waals surface area contributed by atoms with Crippen LogP contribution in [0.1, 0.15) is 12.0 Å². The molecule has 0 unspecified atom stereocenters. The van der Waals surface area contributed by atoms with Crippen LogP contribution in [-0.4, -0.2) is 48.4 Å². The number of thiol groups is 1. The molecule has 1 fully saturated rings. The molecular weight excluding hydrogens is 440 g/mol. The largest absolute Gasteiger partial charge is 0.340 e. The highest BCUT2D eigenvalue weighted by Crippen LogP contribution is 2.31. The molecule has 7 heteroatoms. The number of likely N-dealkylation sites (N-methyl/N-ethyl adjacent to an activating group) is 1. The zero-order chi connectivity index (χ0) is 22.7. The standard InChI is InChI=1S/C25H26N2O3S2/c1-26(17-19-8-4-2-5-9-19)25(28)24-16-22(31)18-27(24)32(29,30)23-14-12-21(13-15-23)20-10-6-3-7-11-20/h2-15,22,24,31H,16-18H2,1H3/t22-,24-/m1/s1. The number of carbonyl (C=O) groups is 1. The van der Waals surface area contributed by atoms with Crippen molar-refractivity contribution in [1.29, 1.82) is 0 Å². The molecule has 3 aromatic rings. The number of benzene rings is 3. The molecule has 1 amide bonds. The minimum Gasteiger partial charge on any atom is -0.340 e. The smallest absolute Gasteiger partial charge is 0.243 e. The summed E-state index contributed by atoms with van der Waals surface area (Å²) in [6.45, 7) is 0.633. The van der Waals surface area contributed by atoms with Crippen LogP contribution < -0.4 is 0 Å². The van der Waals surface area contributed by atoms with Crippen LogP contribution in [0.3, 0.4) is 0 Å². The molecule has 4 rings (SSSR count). The summed E-state index contributed by atoms with van der Waals surface area (Å²) in [6, 6.07) is 25.5. The van der Waals surface area contributed by atoms with Gasteiger partial charge in [-0.15, -0.1) is 0 Å². The minimum atomic E-state index is -3.83. The maximum Gasteiger partial charge on any atom is 0.243 e. The molecule has 1 aliphatic rings. The summed E-state index contributed by atoms with van der Waals surface area (Å²) in [6.07, 6.45) is 0.391. The van der Waals surface area contributed by atoms with Gasteiger partial charge in [0.2, 0.25) is 15.9 Å². The molecule has 32 heavy (non-hydrogen) atoms. The SMILES string of the molecule is CN(Cc1ccccc1)C(=O)[C@H]1C[C@@H](S)CN1S(=O)(=O)c1ccc(-c2ccccc2)cc1. The van der Waals surface area contributed by atoms with E-state index in [1.54, 1.807) is 36.2 Å². The first-order chi connectivity index (χ1) is 15.4. The predicted octanol–water partition coefficient (Wildman–Crippen LogP) is 4.07. The van der Waals surface area contributed by atoms with E-state index in [2.05, 4.69) is 12.6 Å². The second-order valence-electron chi connectivity index (χ2n) is 8.05. The lowest BCUT2D eigenvalue weighted by atomic mass is 10.1. The van der Waals surface area contributed by atoms with Crippen molar-refractivity contribution >= 4 is 28.6 Å². The lowest BCUT2D eigenvalue weighted by molar-refractivity contribution is -0.133. The van der Waals surface area contributed by atoms with Crippen molar-refractivity contribution in [1.82, 2.24) is 9.21 Å². The van der Waals surface area contributed by atoms with E-state index in [9.17, 15) is 13.2 Å². The molecule has 1 saturated heterocycles. The van der Waals surface area contributed by atoms with E-state index >= 15 is 0 Å². The summed E-state index contributed by atoms with van der Waals surface area (Å²) in [5, 5.41) is -0.188. The maximum atomic E-state index is 13.4. The Bertz CT molecular complexity index is 1170. The van der Waals surface area contributed by atoms with Crippen LogP contribution in [0.2, 0.25) is 0 Å². The first-order valence-corrected chi connectivity index (χ1v) is 12.5. The van der Waals surface area contributed by atoms with Gasteiger partial charge in [-0.2, -0.15) is 16.9 Å². The molecule has 0 radical (unpaired) electrons. The fourth-order valence-electron chi connectivity index (χ4n) is 4.05. The van der Waals surface area contributed by atoms with E-state index in [0.717, 1.165) is 16.7 Å². The van der Waals surface area contributed by atoms with Crippen LogP contribution in [0.4, 0.5) is 0 Å². The molecule has 1 heterocycles. The van der Waals surface area contributed by atoms with E-state index in [1.807, 2.05) is 60.7 Å². The van der Waals surface area contributed by atoms with Gasteiger partial charge in [0.15, 0.2) is 0 Å². The summed E-state index contributed by atoms with van der Waals surface area (Å²) < 4.78 is 28.2. The Kier molecular flexibility index (Phi) is 6.69. The predicted molar refractivity (Wildman–Crippen MR) is 130 cm³/mol. The van der Waals surface area contributed by atoms with Gasteiger partial charge in [-0.1, -0.05) is 72.8 Å². The molecule has 1 aliphatic heterocycles. The molecule has 0 aliphatic carbocycles. The van der Waals surface area contributed by atoms with Crippen LogP contribution >= 0.6 is 12.6 Å². The maximum absolute atomic E-state index is 13.4. The minimum absolute atomic E-state index is 0.183. The molecule has 3 aromatic carbocycles. The van der Waals surface area contributed by atoms with Crippen LogP contribution in [-0.2, 0) is 21.4 Å². The molecule has 0 spiro atoms. The van der Waals surface area contributed by atoms with Crippen LogP contribution in [0, 0.1) is 0 Å². The van der Waals surface area contributed by atoms with Crippen molar-refractivity contribution < 1.29 is 13.2 Å². The Morgan fingerprint density at radius 1 is 0.938 bits per heavy atom. The third-order valence-electron chi connectivity index (χ3n) is 5.73. The highest BCUT2D eigenvalue weighted by atomic mass is 32.2. The highest BCUT2D eigenvalue weighted by molar-refractivity contribution is 7.89. The summed E-state index contributed by atoms with van der Waals surface area (Å²) in [5.74, 6) is -0.213. The molecule has 0 aromatic heterocycles. The number of carbonyl (C=O) groups excluding carboxylic acids is 1. The molecule has 166 valence electrons. The number of amides is 1.